The van der Waals surface area contributed by atoms with Gasteiger partial charge in [0.25, 0.3) is 0 Å². The lowest BCUT2D eigenvalue weighted by Crippen LogP contribution is -2.27. The smallest absolute Gasteiger partial charge is 0.119 e. The maximum atomic E-state index is 5.66. The molecule has 0 amide bonds. The standard InChI is InChI=1S/C14H24N2O2/c1-3-17-10-8-16(2)9-11-18-14-6-4-13(12-15)5-7-14/h4-7H,3,8-12,15H2,1-2H3. The molecule has 1 rings (SSSR count). The minimum atomic E-state index is 0.570. The molecule has 1 aromatic carbocycles. The van der Waals surface area contributed by atoms with E-state index in [4.69, 9.17) is 15.2 Å². The molecule has 102 valence electrons. The predicted molar refractivity (Wildman–Crippen MR) is 73.8 cm³/mol. The van der Waals surface area contributed by atoms with Gasteiger partial charge in [-0.05, 0) is 31.7 Å². The number of rotatable bonds is 9. The van der Waals surface area contributed by atoms with Crippen LogP contribution in [0.1, 0.15) is 12.5 Å². The minimum absolute atomic E-state index is 0.570. The average Bonchev–Trinajstić information content (AvgIpc) is 2.40. The van der Waals surface area contributed by atoms with E-state index in [0.717, 1.165) is 37.6 Å². The molecule has 4 nitrogen and oxygen atoms in total. The van der Waals surface area contributed by atoms with Crippen molar-refractivity contribution in [1.29, 1.82) is 0 Å². The fraction of sp³-hybridized carbons (Fsp3) is 0.571. The Morgan fingerprint density at radius 1 is 1.11 bits per heavy atom. The van der Waals surface area contributed by atoms with Crippen LogP contribution in [-0.4, -0.2) is 44.9 Å². The van der Waals surface area contributed by atoms with E-state index in [1.165, 1.54) is 0 Å². The van der Waals surface area contributed by atoms with Gasteiger partial charge in [0.1, 0.15) is 12.4 Å². The molecule has 0 unspecified atom stereocenters. The van der Waals surface area contributed by atoms with Gasteiger partial charge in [-0.15, -0.1) is 0 Å². The monoisotopic (exact) mass is 252 g/mol. The topological polar surface area (TPSA) is 47.7 Å². The van der Waals surface area contributed by atoms with Crippen LogP contribution in [0.25, 0.3) is 0 Å². The summed E-state index contributed by atoms with van der Waals surface area (Å²) in [7, 11) is 2.07. The van der Waals surface area contributed by atoms with Crippen molar-refractivity contribution in [3.63, 3.8) is 0 Å². The highest BCUT2D eigenvalue weighted by atomic mass is 16.5. The molecule has 0 radical (unpaired) electrons. The average molecular weight is 252 g/mol. The Hall–Kier alpha value is -1.10. The van der Waals surface area contributed by atoms with Gasteiger partial charge in [0.05, 0.1) is 6.61 Å². The van der Waals surface area contributed by atoms with E-state index in [9.17, 15) is 0 Å². The van der Waals surface area contributed by atoms with E-state index < -0.39 is 0 Å². The van der Waals surface area contributed by atoms with Crippen LogP contribution in [-0.2, 0) is 11.3 Å². The molecule has 0 saturated carbocycles. The summed E-state index contributed by atoms with van der Waals surface area (Å²) in [5.74, 6) is 0.894. The third kappa shape index (κ3) is 6.00. The summed E-state index contributed by atoms with van der Waals surface area (Å²) in [6.07, 6.45) is 0. The van der Waals surface area contributed by atoms with E-state index in [-0.39, 0.29) is 0 Å². The quantitative estimate of drug-likeness (QED) is 0.677. The predicted octanol–water partition coefficient (Wildman–Crippen LogP) is 1.49. The van der Waals surface area contributed by atoms with Gasteiger partial charge in [-0.25, -0.2) is 0 Å². The SMILES string of the molecule is CCOCCN(C)CCOc1ccc(CN)cc1. The lowest BCUT2D eigenvalue weighted by Gasteiger charge is -2.16. The van der Waals surface area contributed by atoms with E-state index in [1.807, 2.05) is 31.2 Å². The third-order valence-electron chi connectivity index (χ3n) is 2.72. The molecule has 4 heteroatoms. The Kier molecular flexibility index (Phi) is 7.41. The molecule has 0 aliphatic heterocycles. The first-order chi connectivity index (χ1) is 8.76. The molecule has 0 aliphatic carbocycles. The number of benzene rings is 1. The van der Waals surface area contributed by atoms with Crippen molar-refractivity contribution in [2.24, 2.45) is 5.73 Å². The minimum Gasteiger partial charge on any atom is -0.492 e. The van der Waals surface area contributed by atoms with Crippen LogP contribution in [0.4, 0.5) is 0 Å². The number of hydrogen-bond donors (Lipinski definition) is 1. The van der Waals surface area contributed by atoms with Crippen molar-refractivity contribution in [2.45, 2.75) is 13.5 Å². The molecule has 0 spiro atoms. The van der Waals surface area contributed by atoms with Crippen molar-refractivity contribution < 1.29 is 9.47 Å². The maximum absolute atomic E-state index is 5.66. The Labute approximate surface area is 110 Å². The Morgan fingerprint density at radius 3 is 2.39 bits per heavy atom. The summed E-state index contributed by atoms with van der Waals surface area (Å²) in [5.41, 5.74) is 6.66. The summed E-state index contributed by atoms with van der Waals surface area (Å²) in [4.78, 5) is 2.20. The van der Waals surface area contributed by atoms with Crippen LogP contribution < -0.4 is 10.5 Å². The first kappa shape index (κ1) is 15.0. The van der Waals surface area contributed by atoms with Crippen molar-refractivity contribution in [3.05, 3.63) is 29.8 Å². The van der Waals surface area contributed by atoms with Gasteiger partial charge < -0.3 is 20.1 Å². The van der Waals surface area contributed by atoms with Crippen molar-refractivity contribution >= 4 is 0 Å². The van der Waals surface area contributed by atoms with Gasteiger partial charge in [-0.3, -0.25) is 0 Å². The largest absolute Gasteiger partial charge is 0.492 e. The number of nitrogens with zero attached hydrogens (tertiary/aromatic N) is 1. The molecule has 0 bridgehead atoms. The molecular weight excluding hydrogens is 228 g/mol. The van der Waals surface area contributed by atoms with Gasteiger partial charge in [0.2, 0.25) is 0 Å². The van der Waals surface area contributed by atoms with E-state index in [2.05, 4.69) is 11.9 Å². The second kappa shape index (κ2) is 8.91. The molecule has 0 aliphatic rings. The lowest BCUT2D eigenvalue weighted by molar-refractivity contribution is 0.116. The van der Waals surface area contributed by atoms with Crippen LogP contribution >= 0.6 is 0 Å². The van der Waals surface area contributed by atoms with E-state index in [0.29, 0.717) is 13.2 Å². The molecule has 0 aromatic heterocycles. The normalized spacial score (nSPS) is 10.9. The highest BCUT2D eigenvalue weighted by molar-refractivity contribution is 5.27. The number of nitrogens with two attached hydrogens (primary N) is 1. The molecular formula is C14H24N2O2. The number of ether oxygens (including phenoxy) is 2. The number of likely N-dealkylation sites (N-methyl/N-ethyl adjacent to an activating group) is 1. The zero-order valence-corrected chi connectivity index (χ0v) is 11.4. The van der Waals surface area contributed by atoms with Gasteiger partial charge in [0.15, 0.2) is 0 Å². The lowest BCUT2D eigenvalue weighted by atomic mass is 10.2. The fourth-order valence-corrected chi connectivity index (χ4v) is 1.52. The van der Waals surface area contributed by atoms with Crippen molar-refractivity contribution in [1.82, 2.24) is 4.90 Å². The van der Waals surface area contributed by atoms with Gasteiger partial charge >= 0.3 is 0 Å². The molecule has 0 heterocycles. The highest BCUT2D eigenvalue weighted by Crippen LogP contribution is 2.11. The third-order valence-corrected chi connectivity index (χ3v) is 2.72. The molecule has 0 atom stereocenters. The van der Waals surface area contributed by atoms with Crippen LogP contribution in [0, 0.1) is 0 Å². The van der Waals surface area contributed by atoms with Crippen LogP contribution in [0.5, 0.6) is 5.75 Å². The zero-order valence-electron chi connectivity index (χ0n) is 11.4. The van der Waals surface area contributed by atoms with Gasteiger partial charge in [0, 0.05) is 26.2 Å². The van der Waals surface area contributed by atoms with Crippen molar-refractivity contribution in [2.75, 3.05) is 40.0 Å². The second-order valence-corrected chi connectivity index (χ2v) is 4.20. The van der Waals surface area contributed by atoms with Crippen LogP contribution in [0.2, 0.25) is 0 Å². The maximum Gasteiger partial charge on any atom is 0.119 e. The summed E-state index contributed by atoms with van der Waals surface area (Å²) < 4.78 is 11.0. The molecule has 1 aromatic rings. The van der Waals surface area contributed by atoms with E-state index in [1.54, 1.807) is 0 Å². The summed E-state index contributed by atoms with van der Waals surface area (Å²) in [6.45, 7) is 6.64. The first-order valence-electron chi connectivity index (χ1n) is 6.44. The van der Waals surface area contributed by atoms with Crippen molar-refractivity contribution in [3.8, 4) is 5.75 Å². The Morgan fingerprint density at radius 2 is 1.78 bits per heavy atom. The second-order valence-electron chi connectivity index (χ2n) is 4.20. The van der Waals surface area contributed by atoms with Gasteiger partial charge in [-0.1, -0.05) is 12.1 Å². The molecule has 0 fully saturated rings. The van der Waals surface area contributed by atoms with Gasteiger partial charge in [-0.2, -0.15) is 0 Å². The first-order valence-corrected chi connectivity index (χ1v) is 6.44. The van der Waals surface area contributed by atoms with Crippen LogP contribution in [0.15, 0.2) is 24.3 Å². The summed E-state index contributed by atoms with van der Waals surface area (Å²) >= 11 is 0. The molecule has 0 saturated heterocycles. The van der Waals surface area contributed by atoms with Crippen LogP contribution in [0.3, 0.4) is 0 Å². The fourth-order valence-electron chi connectivity index (χ4n) is 1.52. The zero-order chi connectivity index (χ0) is 13.2. The molecule has 2 N–H and O–H groups in total. The summed E-state index contributed by atoms with van der Waals surface area (Å²) in [6, 6.07) is 7.91. The van der Waals surface area contributed by atoms with E-state index >= 15 is 0 Å². The Bertz CT molecular complexity index is 314. The summed E-state index contributed by atoms with van der Waals surface area (Å²) in [5, 5.41) is 0. The molecule has 18 heavy (non-hydrogen) atoms. The Balaban J connectivity index is 2.16. The number of hydrogen-bond acceptors (Lipinski definition) is 4. The highest BCUT2D eigenvalue weighted by Gasteiger charge is 1.99.